The number of nitrogens with one attached hydrogen (secondary N) is 1. The van der Waals surface area contributed by atoms with E-state index in [-0.39, 0.29) is 17.1 Å². The number of nitrogens with zero attached hydrogens (tertiary/aromatic N) is 2. The monoisotopic (exact) mass is 287 g/mol. The van der Waals surface area contributed by atoms with Crippen LogP contribution in [0.1, 0.15) is 15.9 Å². The molecule has 0 heterocycles. The number of nitro benzene ring substituents is 1. The fourth-order valence-electron chi connectivity index (χ4n) is 1.54. The number of hydrogen-bond acceptors (Lipinski definition) is 4. The van der Waals surface area contributed by atoms with E-state index in [0.29, 0.717) is 5.56 Å². The number of halogens is 1. The Balaban J connectivity index is 2.03. The first-order chi connectivity index (χ1) is 10.1. The minimum Gasteiger partial charge on any atom is -0.267 e. The minimum absolute atomic E-state index is 0.125. The molecule has 0 saturated heterocycles. The molecule has 0 unspecified atom stereocenters. The van der Waals surface area contributed by atoms with E-state index in [4.69, 9.17) is 0 Å². The first-order valence-corrected chi connectivity index (χ1v) is 5.90. The maximum absolute atomic E-state index is 12.7. The van der Waals surface area contributed by atoms with Gasteiger partial charge in [0.15, 0.2) is 0 Å². The van der Waals surface area contributed by atoms with Crippen molar-refractivity contribution >= 4 is 17.8 Å². The lowest BCUT2D eigenvalue weighted by atomic mass is 10.2. The predicted molar refractivity (Wildman–Crippen MR) is 74.6 cm³/mol. The summed E-state index contributed by atoms with van der Waals surface area (Å²) >= 11 is 0. The number of non-ortho nitro benzene ring substituents is 1. The van der Waals surface area contributed by atoms with Gasteiger partial charge in [-0.2, -0.15) is 5.10 Å². The van der Waals surface area contributed by atoms with Gasteiger partial charge in [0.1, 0.15) is 5.82 Å². The molecule has 0 atom stereocenters. The van der Waals surface area contributed by atoms with Crippen molar-refractivity contribution in [3.05, 3.63) is 75.6 Å². The summed E-state index contributed by atoms with van der Waals surface area (Å²) in [7, 11) is 0. The molecule has 2 aromatic rings. The number of rotatable bonds is 4. The lowest BCUT2D eigenvalue weighted by molar-refractivity contribution is -0.384. The van der Waals surface area contributed by atoms with Crippen molar-refractivity contribution in [2.75, 3.05) is 0 Å². The molecule has 0 radical (unpaired) electrons. The largest absolute Gasteiger partial charge is 0.271 e. The van der Waals surface area contributed by atoms with Crippen molar-refractivity contribution in [2.24, 2.45) is 5.10 Å². The summed E-state index contributed by atoms with van der Waals surface area (Å²) in [5, 5.41) is 14.3. The Kier molecular flexibility index (Phi) is 4.35. The van der Waals surface area contributed by atoms with Crippen LogP contribution in [0.2, 0.25) is 0 Å². The van der Waals surface area contributed by atoms with Gasteiger partial charge < -0.3 is 0 Å². The summed E-state index contributed by atoms with van der Waals surface area (Å²) in [5.41, 5.74) is 2.80. The Morgan fingerprint density at radius 2 is 1.95 bits per heavy atom. The molecule has 0 aliphatic rings. The van der Waals surface area contributed by atoms with E-state index in [1.807, 2.05) is 0 Å². The lowest BCUT2D eigenvalue weighted by Crippen LogP contribution is -2.17. The fraction of sp³-hybridized carbons (Fsp3) is 0. The van der Waals surface area contributed by atoms with E-state index < -0.39 is 10.8 Å². The lowest BCUT2D eigenvalue weighted by Gasteiger charge is -1.99. The molecule has 0 fully saturated rings. The third-order valence-electron chi connectivity index (χ3n) is 2.57. The van der Waals surface area contributed by atoms with Crippen LogP contribution in [0.5, 0.6) is 0 Å². The molecule has 21 heavy (non-hydrogen) atoms. The molecular weight excluding hydrogens is 277 g/mol. The standard InChI is InChI=1S/C14H10FN3O3/c15-12-6-4-10(5-7-12)9-16-17-14(19)11-2-1-3-13(8-11)18(20)21/h1-9H,(H,17,19)/b16-9-. The number of amides is 1. The number of hydrogen-bond donors (Lipinski definition) is 1. The van der Waals surface area contributed by atoms with E-state index >= 15 is 0 Å². The second-order valence-electron chi connectivity index (χ2n) is 4.06. The highest BCUT2D eigenvalue weighted by Gasteiger charge is 2.10. The Hall–Kier alpha value is -3.09. The van der Waals surface area contributed by atoms with Crippen molar-refractivity contribution in [2.45, 2.75) is 0 Å². The van der Waals surface area contributed by atoms with E-state index in [1.165, 1.54) is 48.7 Å². The number of nitro groups is 1. The Morgan fingerprint density at radius 1 is 1.24 bits per heavy atom. The second kappa shape index (κ2) is 6.38. The Morgan fingerprint density at radius 3 is 2.62 bits per heavy atom. The highest BCUT2D eigenvalue weighted by Crippen LogP contribution is 2.12. The van der Waals surface area contributed by atoms with E-state index in [2.05, 4.69) is 10.5 Å². The van der Waals surface area contributed by atoms with Crippen LogP contribution in [0.3, 0.4) is 0 Å². The molecule has 0 spiro atoms. The first-order valence-electron chi connectivity index (χ1n) is 5.90. The van der Waals surface area contributed by atoms with Crippen LogP contribution in [0.25, 0.3) is 0 Å². The maximum atomic E-state index is 12.7. The van der Waals surface area contributed by atoms with Crippen LogP contribution >= 0.6 is 0 Å². The Labute approximate surface area is 119 Å². The van der Waals surface area contributed by atoms with E-state index in [0.717, 1.165) is 6.07 Å². The molecule has 0 bridgehead atoms. The average molecular weight is 287 g/mol. The summed E-state index contributed by atoms with van der Waals surface area (Å²) in [6, 6.07) is 10.8. The summed E-state index contributed by atoms with van der Waals surface area (Å²) in [6.45, 7) is 0. The van der Waals surface area contributed by atoms with Gasteiger partial charge in [-0.3, -0.25) is 14.9 Å². The molecular formula is C14H10FN3O3. The zero-order chi connectivity index (χ0) is 15.2. The molecule has 0 aliphatic carbocycles. The molecule has 2 aromatic carbocycles. The summed E-state index contributed by atoms with van der Waals surface area (Å²) in [5.74, 6) is -0.940. The van der Waals surface area contributed by atoms with Gasteiger partial charge in [0.05, 0.1) is 11.1 Å². The number of hydrazone groups is 1. The van der Waals surface area contributed by atoms with E-state index in [9.17, 15) is 19.3 Å². The van der Waals surface area contributed by atoms with Crippen LogP contribution in [0, 0.1) is 15.9 Å². The zero-order valence-corrected chi connectivity index (χ0v) is 10.7. The highest BCUT2D eigenvalue weighted by atomic mass is 19.1. The molecule has 7 heteroatoms. The van der Waals surface area contributed by atoms with Crippen molar-refractivity contribution in [1.82, 2.24) is 5.43 Å². The van der Waals surface area contributed by atoms with Gasteiger partial charge in [-0.25, -0.2) is 9.82 Å². The molecule has 106 valence electrons. The number of benzene rings is 2. The van der Waals surface area contributed by atoms with Gasteiger partial charge >= 0.3 is 0 Å². The molecule has 0 aliphatic heterocycles. The zero-order valence-electron chi connectivity index (χ0n) is 10.7. The topological polar surface area (TPSA) is 84.6 Å². The number of carbonyl (C=O) groups is 1. The van der Waals surface area contributed by atoms with Crippen molar-refractivity contribution in [3.8, 4) is 0 Å². The van der Waals surface area contributed by atoms with Crippen LogP contribution in [0.4, 0.5) is 10.1 Å². The molecule has 2 rings (SSSR count). The van der Waals surface area contributed by atoms with Gasteiger partial charge in [0.2, 0.25) is 0 Å². The normalized spacial score (nSPS) is 10.5. The summed E-state index contributed by atoms with van der Waals surface area (Å²) < 4.78 is 12.7. The van der Waals surface area contributed by atoms with Crippen LogP contribution < -0.4 is 5.43 Å². The van der Waals surface area contributed by atoms with Gasteiger partial charge in [0.25, 0.3) is 11.6 Å². The van der Waals surface area contributed by atoms with Crippen LogP contribution in [-0.4, -0.2) is 17.0 Å². The van der Waals surface area contributed by atoms with E-state index in [1.54, 1.807) is 0 Å². The third-order valence-corrected chi connectivity index (χ3v) is 2.57. The fourth-order valence-corrected chi connectivity index (χ4v) is 1.54. The maximum Gasteiger partial charge on any atom is 0.271 e. The van der Waals surface area contributed by atoms with Gasteiger partial charge in [-0.15, -0.1) is 0 Å². The third kappa shape index (κ3) is 3.93. The summed E-state index contributed by atoms with van der Waals surface area (Å²) in [4.78, 5) is 21.8. The second-order valence-corrected chi connectivity index (χ2v) is 4.06. The molecule has 0 aromatic heterocycles. The smallest absolute Gasteiger partial charge is 0.267 e. The van der Waals surface area contributed by atoms with Crippen molar-refractivity contribution in [1.29, 1.82) is 0 Å². The predicted octanol–water partition coefficient (Wildman–Crippen LogP) is 2.50. The molecule has 1 amide bonds. The van der Waals surface area contributed by atoms with Gasteiger partial charge in [-0.1, -0.05) is 18.2 Å². The Bertz CT molecular complexity index is 699. The average Bonchev–Trinajstić information content (AvgIpc) is 2.49. The molecule has 1 N–H and O–H groups in total. The first kappa shape index (κ1) is 14.3. The SMILES string of the molecule is O=C(N/N=C\c1ccc(F)cc1)c1cccc([N+](=O)[O-])c1. The molecule has 0 saturated carbocycles. The quantitative estimate of drug-likeness (QED) is 0.532. The van der Waals surface area contributed by atoms with Crippen molar-refractivity contribution < 1.29 is 14.1 Å². The summed E-state index contributed by atoms with van der Waals surface area (Å²) in [6.07, 6.45) is 1.34. The van der Waals surface area contributed by atoms with Crippen LogP contribution in [0.15, 0.2) is 53.6 Å². The van der Waals surface area contributed by atoms with Crippen LogP contribution in [-0.2, 0) is 0 Å². The molecule has 6 nitrogen and oxygen atoms in total. The van der Waals surface area contributed by atoms with Crippen molar-refractivity contribution in [3.63, 3.8) is 0 Å². The number of carbonyl (C=O) groups excluding carboxylic acids is 1. The van der Waals surface area contributed by atoms with Gasteiger partial charge in [-0.05, 0) is 23.8 Å². The minimum atomic E-state index is -0.585. The van der Waals surface area contributed by atoms with Gasteiger partial charge in [0, 0.05) is 17.7 Å². The highest BCUT2D eigenvalue weighted by molar-refractivity contribution is 5.95.